The van der Waals surface area contributed by atoms with E-state index in [1.165, 1.54) is 11.6 Å². The van der Waals surface area contributed by atoms with Crippen LogP contribution in [0, 0.1) is 10.1 Å². The summed E-state index contributed by atoms with van der Waals surface area (Å²) in [6.45, 7) is 3.99. The van der Waals surface area contributed by atoms with Crippen molar-refractivity contribution in [2.75, 3.05) is 13.1 Å². The lowest BCUT2D eigenvalue weighted by molar-refractivity contribution is -0.384. The number of guanidine groups is 1. The zero-order valence-corrected chi connectivity index (χ0v) is 14.4. The number of aryl methyl sites for hydroxylation is 1. The van der Waals surface area contributed by atoms with Gasteiger partial charge in [-0.25, -0.2) is 4.99 Å². The molecule has 25 heavy (non-hydrogen) atoms. The molecule has 0 bridgehead atoms. The van der Waals surface area contributed by atoms with E-state index in [2.05, 4.69) is 27.8 Å². The third kappa shape index (κ3) is 6.63. The molecule has 0 atom stereocenters. The number of aliphatic imine (C=N–C) groups is 1. The summed E-state index contributed by atoms with van der Waals surface area (Å²) in [4.78, 5) is 14.9. The number of rotatable bonds is 8. The average molecular weight is 340 g/mol. The number of hydrogen-bond donors (Lipinski definition) is 2. The minimum absolute atomic E-state index is 0.0912. The Labute approximate surface area is 148 Å². The first-order valence-electron chi connectivity index (χ1n) is 8.48. The van der Waals surface area contributed by atoms with Crippen molar-refractivity contribution in [3.05, 3.63) is 75.8 Å². The number of nitro groups is 1. The molecule has 0 saturated heterocycles. The van der Waals surface area contributed by atoms with Crippen molar-refractivity contribution in [3.8, 4) is 0 Å². The molecule has 0 fully saturated rings. The Morgan fingerprint density at radius 3 is 2.56 bits per heavy atom. The Morgan fingerprint density at radius 1 is 1.08 bits per heavy atom. The van der Waals surface area contributed by atoms with Crippen LogP contribution in [0.1, 0.15) is 24.5 Å². The maximum absolute atomic E-state index is 10.8. The minimum Gasteiger partial charge on any atom is -0.357 e. The van der Waals surface area contributed by atoms with Crippen molar-refractivity contribution in [2.24, 2.45) is 4.99 Å². The van der Waals surface area contributed by atoms with Gasteiger partial charge >= 0.3 is 0 Å². The molecule has 0 amide bonds. The lowest BCUT2D eigenvalue weighted by atomic mass is 10.1. The van der Waals surface area contributed by atoms with E-state index < -0.39 is 0 Å². The topological polar surface area (TPSA) is 79.6 Å². The number of benzene rings is 2. The first-order chi connectivity index (χ1) is 12.2. The molecule has 0 aliphatic rings. The van der Waals surface area contributed by atoms with E-state index in [4.69, 9.17) is 0 Å². The summed E-state index contributed by atoms with van der Waals surface area (Å²) in [7, 11) is 0. The van der Waals surface area contributed by atoms with E-state index in [1.807, 2.05) is 31.2 Å². The van der Waals surface area contributed by atoms with Crippen LogP contribution >= 0.6 is 0 Å². The van der Waals surface area contributed by atoms with Crippen LogP contribution in [0.3, 0.4) is 0 Å². The number of nitrogens with zero attached hydrogens (tertiary/aromatic N) is 2. The Hall–Kier alpha value is -2.89. The largest absolute Gasteiger partial charge is 0.357 e. The summed E-state index contributed by atoms with van der Waals surface area (Å²) < 4.78 is 0. The molecule has 0 aliphatic heterocycles. The maximum atomic E-state index is 10.8. The molecule has 6 heteroatoms. The smallest absolute Gasteiger partial charge is 0.269 e. The summed E-state index contributed by atoms with van der Waals surface area (Å²) in [5.74, 6) is 0.724. The maximum Gasteiger partial charge on any atom is 0.269 e. The quantitative estimate of drug-likeness (QED) is 0.254. The number of nitrogens with one attached hydrogen (secondary N) is 2. The second-order valence-electron chi connectivity index (χ2n) is 5.64. The Morgan fingerprint density at radius 2 is 1.84 bits per heavy atom. The van der Waals surface area contributed by atoms with Crippen LogP contribution in [-0.4, -0.2) is 24.0 Å². The average Bonchev–Trinajstić information content (AvgIpc) is 2.64. The van der Waals surface area contributed by atoms with Gasteiger partial charge in [0.2, 0.25) is 0 Å². The van der Waals surface area contributed by atoms with Crippen molar-refractivity contribution >= 4 is 11.6 Å². The highest BCUT2D eigenvalue weighted by Crippen LogP contribution is 2.13. The summed E-state index contributed by atoms with van der Waals surface area (Å²) in [5.41, 5.74) is 2.23. The molecule has 132 valence electrons. The minimum atomic E-state index is -0.389. The second-order valence-corrected chi connectivity index (χ2v) is 5.64. The van der Waals surface area contributed by atoms with Gasteiger partial charge in [0, 0.05) is 25.2 Å². The summed E-state index contributed by atoms with van der Waals surface area (Å²) in [6.07, 6.45) is 2.02. The highest BCUT2D eigenvalue weighted by Gasteiger charge is 2.05. The van der Waals surface area contributed by atoms with Gasteiger partial charge in [0.25, 0.3) is 5.69 Å². The van der Waals surface area contributed by atoms with Crippen LogP contribution in [0.25, 0.3) is 0 Å². The van der Waals surface area contributed by atoms with Crippen molar-refractivity contribution in [2.45, 2.75) is 26.3 Å². The fourth-order valence-electron chi connectivity index (χ4n) is 2.42. The third-order valence-electron chi connectivity index (χ3n) is 3.66. The highest BCUT2D eigenvalue weighted by molar-refractivity contribution is 5.79. The normalized spacial score (nSPS) is 11.2. The lowest BCUT2D eigenvalue weighted by Gasteiger charge is -2.11. The lowest BCUT2D eigenvalue weighted by Crippen LogP contribution is -2.37. The molecular formula is C19H24N4O2. The SMILES string of the molecule is CCNC(=NCc1cccc([N+](=O)[O-])c1)NCCCc1ccccc1. The number of nitro benzene ring substituents is 1. The van der Waals surface area contributed by atoms with Crippen LogP contribution in [0.4, 0.5) is 5.69 Å². The molecule has 0 saturated carbocycles. The van der Waals surface area contributed by atoms with Crippen LogP contribution < -0.4 is 10.6 Å². The van der Waals surface area contributed by atoms with E-state index in [1.54, 1.807) is 12.1 Å². The van der Waals surface area contributed by atoms with Crippen molar-refractivity contribution in [1.82, 2.24) is 10.6 Å². The van der Waals surface area contributed by atoms with Gasteiger partial charge in [0.1, 0.15) is 0 Å². The number of non-ortho nitro benzene ring substituents is 1. The van der Waals surface area contributed by atoms with E-state index in [0.717, 1.165) is 37.5 Å². The Bertz CT molecular complexity index is 702. The predicted octanol–water partition coefficient (Wildman–Crippen LogP) is 3.28. The van der Waals surface area contributed by atoms with Crippen molar-refractivity contribution in [3.63, 3.8) is 0 Å². The summed E-state index contributed by atoms with van der Waals surface area (Å²) in [5, 5.41) is 17.3. The molecule has 0 spiro atoms. The fraction of sp³-hybridized carbons (Fsp3) is 0.316. The monoisotopic (exact) mass is 340 g/mol. The van der Waals surface area contributed by atoms with Gasteiger partial charge in [-0.15, -0.1) is 0 Å². The molecule has 6 nitrogen and oxygen atoms in total. The summed E-state index contributed by atoms with van der Waals surface area (Å²) >= 11 is 0. The van der Waals surface area contributed by atoms with Crippen LogP contribution in [0.15, 0.2) is 59.6 Å². The van der Waals surface area contributed by atoms with Gasteiger partial charge in [0.15, 0.2) is 5.96 Å². The van der Waals surface area contributed by atoms with Crippen LogP contribution in [-0.2, 0) is 13.0 Å². The molecule has 2 N–H and O–H groups in total. The molecule has 2 aromatic carbocycles. The van der Waals surface area contributed by atoms with E-state index in [0.29, 0.717) is 6.54 Å². The summed E-state index contributed by atoms with van der Waals surface area (Å²) in [6, 6.07) is 16.9. The predicted molar refractivity (Wildman–Crippen MR) is 101 cm³/mol. The third-order valence-corrected chi connectivity index (χ3v) is 3.66. The Kier molecular flexibility index (Phi) is 7.43. The van der Waals surface area contributed by atoms with Gasteiger partial charge in [-0.05, 0) is 30.9 Å². The molecule has 2 rings (SSSR count). The van der Waals surface area contributed by atoms with Gasteiger partial charge in [-0.1, -0.05) is 42.5 Å². The first kappa shape index (κ1) is 18.4. The molecule has 0 radical (unpaired) electrons. The molecule has 0 heterocycles. The highest BCUT2D eigenvalue weighted by atomic mass is 16.6. The van der Waals surface area contributed by atoms with Crippen LogP contribution in [0.5, 0.6) is 0 Å². The first-order valence-corrected chi connectivity index (χ1v) is 8.48. The molecule has 0 unspecified atom stereocenters. The molecule has 0 aromatic heterocycles. The van der Waals surface area contributed by atoms with Gasteiger partial charge in [0.05, 0.1) is 11.5 Å². The van der Waals surface area contributed by atoms with E-state index in [9.17, 15) is 10.1 Å². The number of hydrogen-bond acceptors (Lipinski definition) is 3. The standard InChI is InChI=1S/C19H24N4O2/c1-2-20-19(21-13-7-11-16-8-4-3-5-9-16)22-15-17-10-6-12-18(14-17)23(24)25/h3-6,8-10,12,14H,2,7,11,13,15H2,1H3,(H2,20,21,22). The van der Waals surface area contributed by atoms with Crippen LogP contribution in [0.2, 0.25) is 0 Å². The van der Waals surface area contributed by atoms with Gasteiger partial charge in [-0.3, -0.25) is 10.1 Å². The zero-order valence-electron chi connectivity index (χ0n) is 14.4. The second kappa shape index (κ2) is 10.1. The Balaban J connectivity index is 1.85. The molecule has 2 aromatic rings. The van der Waals surface area contributed by atoms with Crippen molar-refractivity contribution in [1.29, 1.82) is 0 Å². The molecule has 0 aliphatic carbocycles. The van der Waals surface area contributed by atoms with Gasteiger partial charge < -0.3 is 10.6 Å². The molecular weight excluding hydrogens is 316 g/mol. The fourth-order valence-corrected chi connectivity index (χ4v) is 2.42. The van der Waals surface area contributed by atoms with E-state index in [-0.39, 0.29) is 10.6 Å². The van der Waals surface area contributed by atoms with Gasteiger partial charge in [-0.2, -0.15) is 0 Å². The van der Waals surface area contributed by atoms with Crippen molar-refractivity contribution < 1.29 is 4.92 Å². The zero-order chi connectivity index (χ0) is 17.9. The van der Waals surface area contributed by atoms with E-state index >= 15 is 0 Å².